The third kappa shape index (κ3) is 3.54. The van der Waals surface area contributed by atoms with Crippen molar-refractivity contribution in [2.75, 3.05) is 5.32 Å². The first-order valence-corrected chi connectivity index (χ1v) is 8.50. The van der Waals surface area contributed by atoms with Crippen LogP contribution in [0.2, 0.25) is 0 Å². The zero-order valence-corrected chi connectivity index (χ0v) is 16.0. The number of halogens is 1. The van der Waals surface area contributed by atoms with Crippen molar-refractivity contribution in [2.24, 2.45) is 14.1 Å². The fraction of sp³-hybridized carbons (Fsp3) is 0.250. The van der Waals surface area contributed by atoms with Gasteiger partial charge in [-0.25, -0.2) is 0 Å². The Labute approximate surface area is 157 Å². The Hall–Kier alpha value is -2.88. The molecule has 0 aliphatic carbocycles. The molecular weight excluding hydrogens is 404 g/mol. The summed E-state index contributed by atoms with van der Waals surface area (Å²) in [6.45, 7) is 2.01. The SMILES string of the molecule is Cc1nn(C)c(C(=O)Nc2cn(C)nc2C(=O)NCc2ccco2)c1Br. The summed E-state index contributed by atoms with van der Waals surface area (Å²) >= 11 is 3.36. The van der Waals surface area contributed by atoms with Crippen LogP contribution in [0.15, 0.2) is 33.5 Å². The second-order valence-electron chi connectivity index (χ2n) is 5.65. The molecule has 3 rings (SSSR count). The zero-order valence-electron chi connectivity index (χ0n) is 14.4. The summed E-state index contributed by atoms with van der Waals surface area (Å²) in [6.07, 6.45) is 3.10. The molecule has 2 N–H and O–H groups in total. The Balaban J connectivity index is 1.78. The minimum Gasteiger partial charge on any atom is -0.467 e. The van der Waals surface area contributed by atoms with Crippen LogP contribution in [-0.2, 0) is 20.6 Å². The van der Waals surface area contributed by atoms with Crippen molar-refractivity contribution in [1.82, 2.24) is 24.9 Å². The van der Waals surface area contributed by atoms with Gasteiger partial charge in [0.25, 0.3) is 11.8 Å². The van der Waals surface area contributed by atoms with E-state index in [-0.39, 0.29) is 12.2 Å². The number of carbonyl (C=O) groups is 2. The van der Waals surface area contributed by atoms with Gasteiger partial charge in [0.1, 0.15) is 11.5 Å². The average molecular weight is 421 g/mol. The number of hydrogen-bond acceptors (Lipinski definition) is 5. The molecular formula is C16H17BrN6O3. The summed E-state index contributed by atoms with van der Waals surface area (Å²) in [5.41, 5.74) is 1.47. The molecule has 0 bridgehead atoms. The predicted molar refractivity (Wildman–Crippen MR) is 96.7 cm³/mol. The monoisotopic (exact) mass is 420 g/mol. The first-order valence-electron chi connectivity index (χ1n) is 7.71. The Kier molecular flexibility index (Phi) is 4.94. The lowest BCUT2D eigenvalue weighted by atomic mass is 10.3. The number of aryl methyl sites for hydroxylation is 3. The third-order valence-corrected chi connectivity index (χ3v) is 4.61. The first-order chi connectivity index (χ1) is 12.4. The lowest BCUT2D eigenvalue weighted by Crippen LogP contribution is -2.25. The molecule has 0 saturated heterocycles. The molecule has 2 amide bonds. The van der Waals surface area contributed by atoms with Gasteiger partial charge >= 0.3 is 0 Å². The Morgan fingerprint density at radius 1 is 1.27 bits per heavy atom. The first kappa shape index (κ1) is 17.9. The average Bonchev–Trinajstić information content (AvgIpc) is 3.27. The van der Waals surface area contributed by atoms with Gasteiger partial charge < -0.3 is 15.1 Å². The molecule has 10 heteroatoms. The Bertz CT molecular complexity index is 957. The molecule has 0 radical (unpaired) electrons. The maximum atomic E-state index is 12.6. The smallest absolute Gasteiger partial charge is 0.275 e. The van der Waals surface area contributed by atoms with Gasteiger partial charge in [-0.1, -0.05) is 0 Å². The number of furan rings is 1. The summed E-state index contributed by atoms with van der Waals surface area (Å²) in [5.74, 6) is -0.195. The lowest BCUT2D eigenvalue weighted by molar-refractivity contribution is 0.0943. The standard InChI is InChI=1S/C16H17BrN6O3/c1-9-12(17)14(23(3)20-9)16(25)19-11-8-22(2)21-13(11)15(24)18-7-10-5-4-6-26-10/h4-6,8H,7H2,1-3H3,(H,18,24)(H,19,25). The second kappa shape index (κ2) is 7.16. The van der Waals surface area contributed by atoms with Gasteiger partial charge in [0.15, 0.2) is 5.69 Å². The van der Waals surface area contributed by atoms with Crippen molar-refractivity contribution in [2.45, 2.75) is 13.5 Å². The number of nitrogens with one attached hydrogen (secondary N) is 2. The van der Waals surface area contributed by atoms with Crippen molar-refractivity contribution in [3.05, 3.63) is 51.9 Å². The molecule has 0 aliphatic heterocycles. The number of aromatic nitrogens is 4. The maximum absolute atomic E-state index is 12.6. The molecule has 0 spiro atoms. The highest BCUT2D eigenvalue weighted by Gasteiger charge is 2.22. The minimum atomic E-state index is -0.419. The van der Waals surface area contributed by atoms with Crippen LogP contribution in [0, 0.1) is 6.92 Å². The molecule has 0 saturated carbocycles. The van der Waals surface area contributed by atoms with Crippen molar-refractivity contribution in [3.63, 3.8) is 0 Å². The largest absolute Gasteiger partial charge is 0.467 e. The topological polar surface area (TPSA) is 107 Å². The number of hydrogen-bond donors (Lipinski definition) is 2. The van der Waals surface area contributed by atoms with E-state index in [2.05, 4.69) is 36.8 Å². The molecule has 0 aromatic carbocycles. The van der Waals surface area contributed by atoms with Crippen molar-refractivity contribution >= 4 is 33.4 Å². The van der Waals surface area contributed by atoms with E-state index in [1.165, 1.54) is 15.6 Å². The molecule has 0 unspecified atom stereocenters. The molecule has 136 valence electrons. The Morgan fingerprint density at radius 2 is 2.04 bits per heavy atom. The second-order valence-corrected chi connectivity index (χ2v) is 6.45. The molecule has 3 heterocycles. The van der Waals surface area contributed by atoms with Crippen LogP contribution in [0.3, 0.4) is 0 Å². The van der Waals surface area contributed by atoms with E-state index < -0.39 is 11.8 Å². The van der Waals surface area contributed by atoms with Crippen LogP contribution in [-0.4, -0.2) is 31.4 Å². The van der Waals surface area contributed by atoms with Crippen molar-refractivity contribution in [3.8, 4) is 0 Å². The quantitative estimate of drug-likeness (QED) is 0.656. The molecule has 9 nitrogen and oxygen atoms in total. The van der Waals surface area contributed by atoms with E-state index in [0.29, 0.717) is 27.3 Å². The summed E-state index contributed by atoms with van der Waals surface area (Å²) in [7, 11) is 3.34. The summed E-state index contributed by atoms with van der Waals surface area (Å²) in [4.78, 5) is 25.0. The van der Waals surface area contributed by atoms with Gasteiger partial charge in [-0.15, -0.1) is 0 Å². The molecule has 0 fully saturated rings. The van der Waals surface area contributed by atoms with Crippen molar-refractivity contribution in [1.29, 1.82) is 0 Å². The number of anilines is 1. The van der Waals surface area contributed by atoms with E-state index in [4.69, 9.17) is 4.42 Å². The summed E-state index contributed by atoms with van der Waals surface area (Å²) in [6, 6.07) is 3.49. The van der Waals surface area contributed by atoms with Crippen LogP contribution in [0.5, 0.6) is 0 Å². The fourth-order valence-corrected chi connectivity index (χ4v) is 2.99. The van der Waals surface area contributed by atoms with Crippen LogP contribution >= 0.6 is 15.9 Å². The summed E-state index contributed by atoms with van der Waals surface area (Å²) in [5, 5.41) is 13.8. The van der Waals surface area contributed by atoms with E-state index in [1.54, 1.807) is 39.3 Å². The molecule has 3 aromatic rings. The number of nitrogens with zero attached hydrogens (tertiary/aromatic N) is 4. The minimum absolute atomic E-state index is 0.113. The van der Waals surface area contributed by atoms with Crippen LogP contribution in [0.25, 0.3) is 0 Å². The third-order valence-electron chi connectivity index (χ3n) is 3.66. The molecule has 0 atom stereocenters. The van der Waals surface area contributed by atoms with E-state index in [1.807, 2.05) is 0 Å². The van der Waals surface area contributed by atoms with Gasteiger partial charge in [0.05, 0.1) is 28.7 Å². The van der Waals surface area contributed by atoms with E-state index in [0.717, 1.165) is 0 Å². The van der Waals surface area contributed by atoms with Crippen LogP contribution in [0.4, 0.5) is 5.69 Å². The number of carbonyl (C=O) groups excluding carboxylic acids is 2. The number of amides is 2. The van der Waals surface area contributed by atoms with E-state index in [9.17, 15) is 9.59 Å². The molecule has 3 aromatic heterocycles. The maximum Gasteiger partial charge on any atom is 0.275 e. The van der Waals surface area contributed by atoms with Crippen LogP contribution < -0.4 is 10.6 Å². The molecule has 0 aliphatic rings. The van der Waals surface area contributed by atoms with Crippen molar-refractivity contribution < 1.29 is 14.0 Å². The molecule has 26 heavy (non-hydrogen) atoms. The zero-order chi connectivity index (χ0) is 18.8. The van der Waals surface area contributed by atoms with Gasteiger partial charge in [-0.3, -0.25) is 19.0 Å². The van der Waals surface area contributed by atoms with Gasteiger partial charge in [-0.05, 0) is 35.0 Å². The number of rotatable bonds is 5. The fourth-order valence-electron chi connectivity index (χ4n) is 2.47. The Morgan fingerprint density at radius 3 is 2.65 bits per heavy atom. The van der Waals surface area contributed by atoms with Gasteiger partial charge in [0.2, 0.25) is 0 Å². The van der Waals surface area contributed by atoms with Gasteiger partial charge in [0, 0.05) is 20.3 Å². The lowest BCUT2D eigenvalue weighted by Gasteiger charge is -2.06. The van der Waals surface area contributed by atoms with Gasteiger partial charge in [-0.2, -0.15) is 10.2 Å². The normalized spacial score (nSPS) is 10.8. The predicted octanol–water partition coefficient (Wildman–Crippen LogP) is 2.00. The van der Waals surface area contributed by atoms with E-state index >= 15 is 0 Å². The van der Waals surface area contributed by atoms with Crippen LogP contribution in [0.1, 0.15) is 32.4 Å². The highest BCUT2D eigenvalue weighted by atomic mass is 79.9. The highest BCUT2D eigenvalue weighted by molar-refractivity contribution is 9.10. The highest BCUT2D eigenvalue weighted by Crippen LogP contribution is 2.22. The summed E-state index contributed by atoms with van der Waals surface area (Å²) < 4.78 is 8.72.